The summed E-state index contributed by atoms with van der Waals surface area (Å²) in [6.07, 6.45) is -5.30. The van der Waals surface area contributed by atoms with E-state index >= 15 is 0 Å². The fraction of sp³-hybridized carbons (Fsp3) is 0.425. The SMILES string of the molecule is C.CC1CC(=O)C=C(B2OC(C)(C)C(C)(C)O2)C1.CC1CC(=O)C=C(c2ccc(C(F)(F)F)c([N+](=O)[O-])c2N)C1.C[C@@H]1CC(c2ccc(C(F)(F)F)c(N)c2N)C[C@H](N)C1.C[C@@H]1CC(c2ccc(C(F)(F)F)c([N+](=O)[O-])c2N)=C[C@H](CCc2ccccc2)C1.NCc1ccccc1.Nc1c(Br)ccc(C(F)(F)F)c1[N+](=O)[O-].O=CC=O. The highest BCUT2D eigenvalue weighted by Gasteiger charge is 2.53. The lowest BCUT2D eigenvalue weighted by atomic mass is 9.70. The van der Waals surface area contributed by atoms with Gasteiger partial charge in [0.05, 0.1) is 42.9 Å². The van der Waals surface area contributed by atoms with Gasteiger partial charge in [-0.05, 0) is 213 Å². The minimum atomic E-state index is -4.88. The van der Waals surface area contributed by atoms with Gasteiger partial charge in [-0.25, -0.2) is 0 Å². The van der Waals surface area contributed by atoms with Gasteiger partial charge in [-0.15, -0.1) is 0 Å². The van der Waals surface area contributed by atoms with Gasteiger partial charge >= 0.3 is 48.9 Å². The molecule has 22 nitrogen and oxygen atoms in total. The van der Waals surface area contributed by atoms with Crippen LogP contribution in [0, 0.1) is 59.9 Å². The van der Waals surface area contributed by atoms with Crippen LogP contribution < -0.4 is 40.1 Å². The molecular formula is C80H96BBrF12N10O12. The van der Waals surface area contributed by atoms with Crippen molar-refractivity contribution in [2.45, 2.75) is 188 Å². The number of alkyl halides is 12. The van der Waals surface area contributed by atoms with Crippen molar-refractivity contribution < 1.29 is 95.9 Å². The predicted molar refractivity (Wildman–Crippen MR) is 426 cm³/mol. The molecule has 1 heterocycles. The molecule has 632 valence electrons. The van der Waals surface area contributed by atoms with Gasteiger partial charge in [0.2, 0.25) is 0 Å². The molecule has 0 radical (unpaired) electrons. The Morgan fingerprint density at radius 3 is 1.33 bits per heavy atom. The number of benzene rings is 6. The Kier molecular flexibility index (Phi) is 35.3. The summed E-state index contributed by atoms with van der Waals surface area (Å²) in [6, 6.07) is 28.0. The van der Waals surface area contributed by atoms with Crippen LogP contribution in [0.1, 0.15) is 183 Å². The highest BCUT2D eigenvalue weighted by molar-refractivity contribution is 9.10. The highest BCUT2D eigenvalue weighted by Crippen LogP contribution is 2.49. The zero-order valence-electron chi connectivity index (χ0n) is 64.1. The summed E-state index contributed by atoms with van der Waals surface area (Å²) in [5.41, 5.74) is 34.4. The Labute approximate surface area is 672 Å². The molecule has 1 saturated carbocycles. The Morgan fingerprint density at radius 1 is 0.500 bits per heavy atom. The summed E-state index contributed by atoms with van der Waals surface area (Å²) in [7, 11) is -0.355. The van der Waals surface area contributed by atoms with Gasteiger partial charge in [-0.1, -0.05) is 120 Å². The number of hydrogen-bond acceptors (Lipinski definition) is 19. The van der Waals surface area contributed by atoms with E-state index in [1.165, 1.54) is 29.3 Å². The maximum absolute atomic E-state index is 13.2. The first-order valence-electron chi connectivity index (χ1n) is 36.1. The number of ketones is 2. The number of aldehydes is 2. The third kappa shape index (κ3) is 27.3. The van der Waals surface area contributed by atoms with E-state index in [9.17, 15) is 92.6 Å². The summed E-state index contributed by atoms with van der Waals surface area (Å²) in [4.78, 5) is 70.2. The van der Waals surface area contributed by atoms with Gasteiger partial charge in [-0.3, -0.25) is 49.5 Å². The lowest BCUT2D eigenvalue weighted by Crippen LogP contribution is -2.41. The Bertz CT molecular complexity index is 4520. The number of nitrogen functional groups attached to an aromatic ring is 5. The van der Waals surface area contributed by atoms with Crippen molar-refractivity contribution in [3.05, 3.63) is 218 Å². The summed E-state index contributed by atoms with van der Waals surface area (Å²) in [6.45, 7) is 16.8. The number of carbonyl (C=O) groups is 4. The highest BCUT2D eigenvalue weighted by atomic mass is 79.9. The lowest BCUT2D eigenvalue weighted by molar-refractivity contribution is -0.387. The van der Waals surface area contributed by atoms with Crippen LogP contribution in [0.4, 0.5) is 98.2 Å². The number of carbonyl (C=O) groups excluding carboxylic acids is 4. The molecule has 4 aliphatic carbocycles. The average Bonchev–Trinajstić information content (AvgIpc) is 1.00. The van der Waals surface area contributed by atoms with Crippen molar-refractivity contribution in [1.29, 1.82) is 0 Å². The molecule has 14 N–H and O–H groups in total. The van der Waals surface area contributed by atoms with Crippen LogP contribution in [0.15, 0.2) is 137 Å². The third-order valence-corrected chi connectivity index (χ3v) is 20.5. The van der Waals surface area contributed by atoms with Crippen molar-refractivity contribution in [2.75, 3.05) is 28.7 Å². The summed E-state index contributed by atoms with van der Waals surface area (Å²) in [5.74, 6) is 1.50. The van der Waals surface area contributed by atoms with Crippen LogP contribution in [0.25, 0.3) is 11.1 Å². The predicted octanol–water partition coefficient (Wildman–Crippen LogP) is 19.6. The molecule has 6 aromatic rings. The zero-order chi connectivity index (χ0) is 86.8. The van der Waals surface area contributed by atoms with E-state index in [1.807, 2.05) is 89.2 Å². The second-order valence-corrected chi connectivity index (χ2v) is 30.5. The van der Waals surface area contributed by atoms with Crippen LogP contribution >= 0.6 is 15.9 Å². The topological polar surface area (TPSA) is 398 Å². The van der Waals surface area contributed by atoms with Gasteiger partial charge in [0.25, 0.3) is 0 Å². The molecule has 0 aromatic heterocycles. The molecule has 116 heavy (non-hydrogen) atoms. The number of rotatable bonds is 12. The van der Waals surface area contributed by atoms with Gasteiger partial charge in [-0.2, -0.15) is 52.7 Å². The minimum absolute atomic E-state index is 0. The van der Waals surface area contributed by atoms with Gasteiger partial charge in [0, 0.05) is 41.0 Å². The quantitative estimate of drug-likeness (QED) is 0.0114. The number of nitro benzene ring substituents is 3. The standard InChI is InChI=1S/C22H23F3N2O2.C14H20F3N3.C14H13F3N2O3.C13H21BO3.C7H4BrF3N2O2.C7H9N.C2H2O2.CH4/c1-14-11-16(8-7-15-5-3-2-4-6-15)13-17(12-14)18-9-10-19(22(23,24)25)21(20(18)26)27(28)29;1-7-4-8(6-9(18)5-7)10-2-3-11(14(15,16)17)13(20)12(10)19;1-7-4-8(6-9(20)5-7)10-2-3-11(14(15,16)17)13(12(10)18)19(21)22;1-9-6-10(8-11(15)7-9)14-16-12(2,3)13(4,5)17-14;8-4-2-1-3(7(9,10)11)6(5(4)12)13(14)15;8-6-7-4-2-1-3-5-7;3-1-2-4;/h2-6,9-10,13-14,16H,7-8,11-12,26H2,1H3;2-3,7-9H,4-6,18-20H2,1H3;2-3,6-7H,4-5,18H2,1H3;8-9H,6-7H2,1-5H3;1-2H,12H2;1-5H,6,8H2;1-2H;1H4/t14-,16+;7-,8?,9-;;;;;;/m01....../s1. The maximum Gasteiger partial charge on any atom is 0.490 e. The Hall–Kier alpha value is -10.0. The zero-order valence-corrected chi connectivity index (χ0v) is 65.7. The second kappa shape index (κ2) is 41.7. The normalized spacial score (nSPS) is 20.2. The van der Waals surface area contributed by atoms with E-state index in [4.69, 9.17) is 59.0 Å². The number of halogens is 13. The van der Waals surface area contributed by atoms with E-state index < -0.39 is 95.9 Å². The van der Waals surface area contributed by atoms with Crippen LogP contribution in [0.2, 0.25) is 0 Å². The number of nitrogens with zero attached hydrogens (tertiary/aromatic N) is 3. The molecule has 5 aliphatic rings. The molecule has 0 spiro atoms. The lowest BCUT2D eigenvalue weighted by Gasteiger charge is -2.32. The molecule has 3 unspecified atom stereocenters. The molecule has 0 bridgehead atoms. The molecular weight excluding hydrogens is 1610 g/mol. The number of nitrogens with two attached hydrogens (primary N) is 7. The minimum Gasteiger partial charge on any atom is -0.400 e. The third-order valence-electron chi connectivity index (χ3n) is 19.8. The number of anilines is 5. The van der Waals surface area contributed by atoms with E-state index in [2.05, 4.69) is 48.8 Å². The maximum atomic E-state index is 13.2. The van der Waals surface area contributed by atoms with Crippen LogP contribution in [-0.2, 0) is 66.2 Å². The molecule has 0 amide bonds. The number of aryl methyl sites for hydroxylation is 1. The van der Waals surface area contributed by atoms with Gasteiger partial charge < -0.3 is 49.4 Å². The van der Waals surface area contributed by atoms with Crippen LogP contribution in [0.3, 0.4) is 0 Å². The van der Waals surface area contributed by atoms with Gasteiger partial charge in [0.15, 0.2) is 24.1 Å². The van der Waals surface area contributed by atoms with E-state index in [0.717, 1.165) is 80.3 Å². The average molecular weight is 1710 g/mol. The summed E-state index contributed by atoms with van der Waals surface area (Å²) < 4.78 is 165. The smallest absolute Gasteiger partial charge is 0.400 e. The van der Waals surface area contributed by atoms with E-state index in [0.29, 0.717) is 78.8 Å². The summed E-state index contributed by atoms with van der Waals surface area (Å²) >= 11 is 2.82. The molecule has 6 aromatic carbocycles. The molecule has 36 heteroatoms. The first-order valence-corrected chi connectivity index (χ1v) is 36.9. The van der Waals surface area contributed by atoms with Crippen LogP contribution in [-0.4, -0.2) is 63.3 Å². The van der Waals surface area contributed by atoms with Gasteiger partial charge in [0.1, 0.15) is 33.8 Å². The largest absolute Gasteiger partial charge is 0.490 e. The van der Waals surface area contributed by atoms with E-state index in [1.54, 1.807) is 6.08 Å². The van der Waals surface area contributed by atoms with Crippen molar-refractivity contribution in [2.24, 2.45) is 41.1 Å². The molecule has 7 atom stereocenters. The fourth-order valence-corrected chi connectivity index (χ4v) is 14.1. The molecule has 1 aliphatic heterocycles. The van der Waals surface area contributed by atoms with Crippen LogP contribution in [0.5, 0.6) is 0 Å². The first-order chi connectivity index (χ1) is 53.3. The molecule has 2 fully saturated rings. The van der Waals surface area contributed by atoms with Crippen molar-refractivity contribution >= 4 is 104 Å². The molecule has 11 rings (SSSR count). The monoisotopic (exact) mass is 1710 g/mol. The van der Waals surface area contributed by atoms with Crippen molar-refractivity contribution in [3.63, 3.8) is 0 Å². The Morgan fingerprint density at radius 2 is 0.914 bits per heavy atom. The number of nitro groups is 3. The van der Waals surface area contributed by atoms with E-state index in [-0.39, 0.29) is 95.1 Å². The number of allylic oxidation sites excluding steroid dienone is 6. The summed E-state index contributed by atoms with van der Waals surface area (Å²) in [5, 5.41) is 32.8. The number of hydrogen-bond donors (Lipinski definition) is 7. The second-order valence-electron chi connectivity index (χ2n) is 29.7. The van der Waals surface area contributed by atoms with Crippen molar-refractivity contribution in [1.82, 2.24) is 0 Å². The molecule has 1 saturated heterocycles. The first kappa shape index (κ1) is 98.3. The fourth-order valence-electron chi connectivity index (χ4n) is 13.8. The Balaban J connectivity index is 0.000000298. The van der Waals surface area contributed by atoms with Crippen molar-refractivity contribution in [3.8, 4) is 0 Å².